The summed E-state index contributed by atoms with van der Waals surface area (Å²) in [6.07, 6.45) is -1.91. The van der Waals surface area contributed by atoms with E-state index in [1.54, 1.807) is 0 Å². The molecule has 7 heteroatoms. The number of ether oxygens (including phenoxy) is 1. The lowest BCUT2D eigenvalue weighted by Crippen LogP contribution is -2.36. The van der Waals surface area contributed by atoms with Crippen molar-refractivity contribution in [3.8, 4) is 0 Å². The van der Waals surface area contributed by atoms with Crippen LogP contribution in [-0.4, -0.2) is 29.2 Å². The van der Waals surface area contributed by atoms with Crippen LogP contribution in [0.2, 0.25) is 0 Å². The van der Waals surface area contributed by atoms with Gasteiger partial charge >= 0.3 is 18.0 Å². The van der Waals surface area contributed by atoms with Crippen LogP contribution in [0, 0.1) is 0 Å². The lowest BCUT2D eigenvalue weighted by Gasteiger charge is -2.04. The Morgan fingerprint density at radius 3 is 2.25 bits per heavy atom. The van der Waals surface area contributed by atoms with E-state index in [1.807, 2.05) is 0 Å². The quantitative estimate of drug-likeness (QED) is 0.350. The van der Waals surface area contributed by atoms with Crippen molar-refractivity contribution >= 4 is 18.0 Å². The Morgan fingerprint density at radius 1 is 1.42 bits per heavy atom. The molecule has 5 N–H and O–H groups in total. The highest BCUT2D eigenvalue weighted by atomic mass is 16.6. The summed E-state index contributed by atoms with van der Waals surface area (Å²) in [5.74, 6) is -2.41. The van der Waals surface area contributed by atoms with E-state index >= 15 is 0 Å². The van der Waals surface area contributed by atoms with Crippen LogP contribution in [0.3, 0.4) is 0 Å². The van der Waals surface area contributed by atoms with E-state index in [0.29, 0.717) is 0 Å². The van der Waals surface area contributed by atoms with Crippen molar-refractivity contribution < 1.29 is 24.2 Å². The van der Waals surface area contributed by atoms with Crippen molar-refractivity contribution in [2.75, 3.05) is 0 Å². The van der Waals surface area contributed by atoms with Crippen LogP contribution >= 0.6 is 0 Å². The number of primary amides is 1. The minimum Gasteiger partial charge on any atom is -0.481 e. The first-order valence-electron chi connectivity index (χ1n) is 2.92. The SMILES string of the molecule is NC(=O)OC(=O)C(N)CC(=O)O. The van der Waals surface area contributed by atoms with Gasteiger partial charge in [-0.3, -0.25) is 4.79 Å². The zero-order chi connectivity index (χ0) is 9.72. The first-order valence-corrected chi connectivity index (χ1v) is 2.92. The van der Waals surface area contributed by atoms with E-state index in [4.69, 9.17) is 10.8 Å². The highest BCUT2D eigenvalue weighted by Crippen LogP contribution is 1.91. The fraction of sp³-hybridized carbons (Fsp3) is 0.400. The second-order valence-electron chi connectivity index (χ2n) is 1.94. The smallest absolute Gasteiger partial charge is 0.412 e. The molecule has 1 atom stereocenters. The van der Waals surface area contributed by atoms with Crippen LogP contribution in [0.15, 0.2) is 0 Å². The van der Waals surface area contributed by atoms with Gasteiger partial charge in [0.1, 0.15) is 6.04 Å². The van der Waals surface area contributed by atoms with Crippen molar-refractivity contribution in [2.24, 2.45) is 11.5 Å². The van der Waals surface area contributed by atoms with E-state index in [2.05, 4.69) is 10.5 Å². The zero-order valence-corrected chi connectivity index (χ0v) is 6.02. The Morgan fingerprint density at radius 2 is 1.92 bits per heavy atom. The predicted molar refractivity (Wildman–Crippen MR) is 35.9 cm³/mol. The lowest BCUT2D eigenvalue weighted by atomic mass is 10.2. The Balaban J connectivity index is 3.93. The predicted octanol–water partition coefficient (Wildman–Crippen LogP) is -1.59. The summed E-state index contributed by atoms with van der Waals surface area (Å²) >= 11 is 0. The summed E-state index contributed by atoms with van der Waals surface area (Å²) in [6.45, 7) is 0. The van der Waals surface area contributed by atoms with Gasteiger partial charge in [0.25, 0.3) is 0 Å². The second-order valence-corrected chi connectivity index (χ2v) is 1.94. The van der Waals surface area contributed by atoms with Crippen molar-refractivity contribution in [3.05, 3.63) is 0 Å². The van der Waals surface area contributed by atoms with Crippen LogP contribution in [0.4, 0.5) is 4.79 Å². The summed E-state index contributed by atoms with van der Waals surface area (Å²) in [5.41, 5.74) is 9.48. The average Bonchev–Trinajstić information content (AvgIpc) is 1.84. The molecule has 1 unspecified atom stereocenters. The third kappa shape index (κ3) is 4.23. The van der Waals surface area contributed by atoms with Gasteiger partial charge < -0.3 is 21.3 Å². The summed E-state index contributed by atoms with van der Waals surface area (Å²) in [5, 5.41) is 8.16. The maximum absolute atomic E-state index is 10.6. The van der Waals surface area contributed by atoms with Gasteiger partial charge in [0.2, 0.25) is 0 Å². The third-order valence-corrected chi connectivity index (χ3v) is 0.898. The molecule has 68 valence electrons. The second kappa shape index (κ2) is 4.29. The number of carbonyl (C=O) groups is 3. The molecule has 0 saturated heterocycles. The van der Waals surface area contributed by atoms with Gasteiger partial charge in [0, 0.05) is 0 Å². The van der Waals surface area contributed by atoms with Gasteiger partial charge in [-0.25, -0.2) is 9.59 Å². The van der Waals surface area contributed by atoms with E-state index in [1.165, 1.54) is 0 Å². The number of carbonyl (C=O) groups excluding carboxylic acids is 2. The van der Waals surface area contributed by atoms with Gasteiger partial charge in [-0.05, 0) is 0 Å². The van der Waals surface area contributed by atoms with Crippen molar-refractivity contribution in [3.63, 3.8) is 0 Å². The monoisotopic (exact) mass is 176 g/mol. The van der Waals surface area contributed by atoms with Crippen LogP contribution in [0.5, 0.6) is 0 Å². The van der Waals surface area contributed by atoms with E-state index in [9.17, 15) is 14.4 Å². The van der Waals surface area contributed by atoms with Gasteiger partial charge in [-0.2, -0.15) is 0 Å². The topological polar surface area (TPSA) is 133 Å². The highest BCUT2D eigenvalue weighted by molar-refractivity contribution is 5.89. The first kappa shape index (κ1) is 10.4. The average molecular weight is 176 g/mol. The molecule has 0 aromatic rings. The normalized spacial score (nSPS) is 11.8. The standard InChI is InChI=1S/C5H8N2O5/c6-2(1-3(8)9)4(10)12-5(7)11/h2H,1,6H2,(H2,7,11)(H,8,9). The number of amides is 1. The number of aliphatic carboxylic acids is 1. The van der Waals surface area contributed by atoms with Crippen molar-refractivity contribution in [1.82, 2.24) is 0 Å². The van der Waals surface area contributed by atoms with Crippen LogP contribution < -0.4 is 11.5 Å². The fourth-order valence-corrected chi connectivity index (χ4v) is 0.446. The largest absolute Gasteiger partial charge is 0.481 e. The molecule has 0 aliphatic heterocycles. The molecule has 0 saturated carbocycles. The zero-order valence-electron chi connectivity index (χ0n) is 6.02. The Hall–Kier alpha value is -1.63. The molecule has 12 heavy (non-hydrogen) atoms. The molecule has 0 heterocycles. The molecular formula is C5H8N2O5. The van der Waals surface area contributed by atoms with Gasteiger partial charge in [0.05, 0.1) is 6.42 Å². The molecule has 0 radical (unpaired) electrons. The van der Waals surface area contributed by atoms with Crippen LogP contribution in [-0.2, 0) is 14.3 Å². The molecule has 0 fully saturated rings. The Kier molecular flexibility index (Phi) is 3.71. The number of hydrogen-bond donors (Lipinski definition) is 3. The van der Waals surface area contributed by atoms with Crippen molar-refractivity contribution in [1.29, 1.82) is 0 Å². The van der Waals surface area contributed by atoms with Crippen LogP contribution in [0.1, 0.15) is 6.42 Å². The molecule has 0 aromatic heterocycles. The number of rotatable bonds is 3. The molecule has 0 rings (SSSR count). The van der Waals surface area contributed by atoms with E-state index in [-0.39, 0.29) is 0 Å². The molecule has 0 bridgehead atoms. The van der Waals surface area contributed by atoms with E-state index in [0.717, 1.165) is 0 Å². The molecule has 0 aliphatic rings. The first-order chi connectivity index (χ1) is 5.43. The maximum Gasteiger partial charge on any atom is 0.412 e. The maximum atomic E-state index is 10.6. The van der Waals surface area contributed by atoms with Gasteiger partial charge in [0.15, 0.2) is 0 Å². The molecule has 0 aromatic carbocycles. The minimum atomic E-state index is -1.37. The number of nitrogens with two attached hydrogens (primary N) is 2. The molecular weight excluding hydrogens is 168 g/mol. The fourth-order valence-electron chi connectivity index (χ4n) is 0.446. The summed E-state index contributed by atoms with van der Waals surface area (Å²) in [4.78, 5) is 30.5. The summed E-state index contributed by atoms with van der Waals surface area (Å²) < 4.78 is 3.82. The van der Waals surface area contributed by atoms with Gasteiger partial charge in [-0.15, -0.1) is 0 Å². The Bertz CT molecular complexity index is 214. The lowest BCUT2D eigenvalue weighted by molar-refractivity contribution is -0.145. The molecule has 0 aliphatic carbocycles. The number of carboxylic acids is 1. The van der Waals surface area contributed by atoms with Crippen molar-refractivity contribution in [2.45, 2.75) is 12.5 Å². The minimum absolute atomic E-state index is 0.605. The third-order valence-electron chi connectivity index (χ3n) is 0.898. The molecule has 7 nitrogen and oxygen atoms in total. The van der Waals surface area contributed by atoms with Crippen LogP contribution in [0.25, 0.3) is 0 Å². The summed E-state index contributed by atoms with van der Waals surface area (Å²) in [7, 11) is 0. The van der Waals surface area contributed by atoms with E-state index < -0.39 is 30.5 Å². The number of carboxylic acid groups (broad SMARTS) is 1. The van der Waals surface area contributed by atoms with Gasteiger partial charge in [-0.1, -0.05) is 0 Å². The summed E-state index contributed by atoms with van der Waals surface area (Å²) in [6, 6.07) is -1.37. The molecule has 0 spiro atoms. The number of hydrogen-bond acceptors (Lipinski definition) is 5. The molecule has 1 amide bonds. The Labute approximate surface area is 67.3 Å². The highest BCUT2D eigenvalue weighted by Gasteiger charge is 2.19. The number of esters is 1.